The Bertz CT molecular complexity index is 735. The summed E-state index contributed by atoms with van der Waals surface area (Å²) in [6.07, 6.45) is 0.963. The molecule has 0 aliphatic carbocycles. The van der Waals surface area contributed by atoms with Gasteiger partial charge >= 0.3 is 0 Å². The molecule has 0 aliphatic heterocycles. The zero-order chi connectivity index (χ0) is 17.5. The molecule has 2 aromatic carbocycles. The second kappa shape index (κ2) is 8.51. The van der Waals surface area contributed by atoms with Crippen LogP contribution in [0.2, 0.25) is 0 Å². The van der Waals surface area contributed by atoms with E-state index in [9.17, 15) is 8.78 Å². The standard InChI is InChI=1S/C16H16F2N4S2/c1-2-10-3-6-12(7-4-10)19-15(23)21-22-16(24)20-14-8-5-11(17)9-13(14)18/h3-9H,2H2,1H3,(H2,19,21,23)(H2,20,22,24). The van der Waals surface area contributed by atoms with Crippen molar-refractivity contribution in [1.82, 2.24) is 10.9 Å². The van der Waals surface area contributed by atoms with Gasteiger partial charge in [0.25, 0.3) is 0 Å². The molecule has 0 unspecified atom stereocenters. The van der Waals surface area contributed by atoms with Gasteiger partial charge in [-0.05, 0) is 60.7 Å². The minimum atomic E-state index is -0.740. The van der Waals surface area contributed by atoms with Crippen LogP contribution in [0.25, 0.3) is 0 Å². The van der Waals surface area contributed by atoms with E-state index in [1.807, 2.05) is 24.3 Å². The number of hydrogen-bond acceptors (Lipinski definition) is 2. The maximum Gasteiger partial charge on any atom is 0.189 e. The molecule has 0 aliphatic rings. The van der Waals surface area contributed by atoms with Gasteiger partial charge in [0.1, 0.15) is 11.6 Å². The van der Waals surface area contributed by atoms with Crippen LogP contribution < -0.4 is 21.5 Å². The van der Waals surface area contributed by atoms with Gasteiger partial charge in [-0.3, -0.25) is 10.9 Å². The maximum absolute atomic E-state index is 13.5. The highest BCUT2D eigenvalue weighted by molar-refractivity contribution is 7.81. The monoisotopic (exact) mass is 366 g/mol. The van der Waals surface area contributed by atoms with Crippen LogP contribution >= 0.6 is 24.4 Å². The summed E-state index contributed by atoms with van der Waals surface area (Å²) in [6, 6.07) is 11.0. The third-order valence-electron chi connectivity index (χ3n) is 3.09. The summed E-state index contributed by atoms with van der Waals surface area (Å²) >= 11 is 10.1. The molecule has 2 rings (SSSR count). The summed E-state index contributed by atoms with van der Waals surface area (Å²) in [6.45, 7) is 2.08. The van der Waals surface area contributed by atoms with E-state index in [2.05, 4.69) is 28.4 Å². The van der Waals surface area contributed by atoms with Crippen LogP contribution in [0.15, 0.2) is 42.5 Å². The van der Waals surface area contributed by atoms with Crippen LogP contribution in [-0.4, -0.2) is 10.2 Å². The van der Waals surface area contributed by atoms with Crippen molar-refractivity contribution < 1.29 is 8.78 Å². The number of aryl methyl sites for hydroxylation is 1. The van der Waals surface area contributed by atoms with Gasteiger partial charge in [-0.2, -0.15) is 0 Å². The Kier molecular flexibility index (Phi) is 6.39. The first-order chi connectivity index (χ1) is 11.5. The summed E-state index contributed by atoms with van der Waals surface area (Å²) in [7, 11) is 0. The van der Waals surface area contributed by atoms with E-state index in [-0.39, 0.29) is 10.8 Å². The minimum Gasteiger partial charge on any atom is -0.331 e. The average molecular weight is 366 g/mol. The second-order valence-corrected chi connectivity index (χ2v) is 5.65. The van der Waals surface area contributed by atoms with Crippen molar-refractivity contribution in [3.8, 4) is 0 Å². The Morgan fingerprint density at radius 1 is 0.917 bits per heavy atom. The van der Waals surface area contributed by atoms with Gasteiger partial charge in [0.2, 0.25) is 0 Å². The van der Waals surface area contributed by atoms with Gasteiger partial charge in [0, 0.05) is 11.8 Å². The van der Waals surface area contributed by atoms with E-state index >= 15 is 0 Å². The normalized spacial score (nSPS) is 9.96. The van der Waals surface area contributed by atoms with Gasteiger partial charge in [-0.1, -0.05) is 19.1 Å². The Labute approximate surface area is 149 Å². The number of hydrazine groups is 1. The lowest BCUT2D eigenvalue weighted by Gasteiger charge is -2.14. The highest BCUT2D eigenvalue weighted by atomic mass is 32.1. The third-order valence-corrected chi connectivity index (χ3v) is 3.50. The number of hydrogen-bond donors (Lipinski definition) is 4. The first-order valence-corrected chi connectivity index (χ1v) is 7.97. The fourth-order valence-electron chi connectivity index (χ4n) is 1.84. The summed E-state index contributed by atoms with van der Waals surface area (Å²) < 4.78 is 26.4. The Hall–Kier alpha value is -2.32. The predicted molar refractivity (Wildman–Crippen MR) is 101 cm³/mol. The molecule has 0 saturated carbocycles. The van der Waals surface area contributed by atoms with Gasteiger partial charge in [-0.25, -0.2) is 8.78 Å². The molecule has 4 N–H and O–H groups in total. The number of rotatable bonds is 3. The quantitative estimate of drug-likeness (QED) is 0.491. The fourth-order valence-corrected chi connectivity index (χ4v) is 2.17. The van der Waals surface area contributed by atoms with E-state index < -0.39 is 11.6 Å². The molecule has 0 fully saturated rings. The maximum atomic E-state index is 13.5. The topological polar surface area (TPSA) is 48.1 Å². The highest BCUT2D eigenvalue weighted by Gasteiger charge is 2.05. The van der Waals surface area contributed by atoms with E-state index in [4.69, 9.17) is 24.4 Å². The molecule has 0 atom stereocenters. The molecular formula is C16H16F2N4S2. The zero-order valence-electron chi connectivity index (χ0n) is 12.8. The van der Waals surface area contributed by atoms with Crippen LogP contribution in [-0.2, 0) is 6.42 Å². The first kappa shape index (κ1) is 18.0. The van der Waals surface area contributed by atoms with E-state index in [0.717, 1.165) is 24.2 Å². The number of benzene rings is 2. The van der Waals surface area contributed by atoms with Crippen molar-refractivity contribution >= 4 is 46.0 Å². The summed E-state index contributed by atoms with van der Waals surface area (Å²) in [4.78, 5) is 0. The van der Waals surface area contributed by atoms with Crippen molar-refractivity contribution in [1.29, 1.82) is 0 Å². The van der Waals surface area contributed by atoms with Crippen molar-refractivity contribution in [2.75, 3.05) is 10.6 Å². The van der Waals surface area contributed by atoms with E-state index in [1.54, 1.807) is 0 Å². The van der Waals surface area contributed by atoms with Crippen LogP contribution in [0.4, 0.5) is 20.2 Å². The average Bonchev–Trinajstić information content (AvgIpc) is 2.56. The second-order valence-electron chi connectivity index (χ2n) is 4.83. The SMILES string of the molecule is CCc1ccc(NC(=S)NNC(=S)Nc2ccc(F)cc2F)cc1. The van der Waals surface area contributed by atoms with Crippen LogP contribution in [0.1, 0.15) is 12.5 Å². The van der Waals surface area contributed by atoms with Gasteiger partial charge in [0.05, 0.1) is 5.69 Å². The molecular weight excluding hydrogens is 350 g/mol. The highest BCUT2D eigenvalue weighted by Crippen LogP contribution is 2.14. The molecule has 0 bridgehead atoms. The Balaban J connectivity index is 1.81. The van der Waals surface area contributed by atoms with Crippen LogP contribution in [0.3, 0.4) is 0 Å². The number of thiocarbonyl (C=S) groups is 2. The fraction of sp³-hybridized carbons (Fsp3) is 0.125. The molecule has 0 heterocycles. The Morgan fingerprint density at radius 2 is 1.54 bits per heavy atom. The molecule has 4 nitrogen and oxygen atoms in total. The lowest BCUT2D eigenvalue weighted by atomic mass is 10.1. The van der Waals surface area contributed by atoms with Crippen LogP contribution in [0.5, 0.6) is 0 Å². The molecule has 8 heteroatoms. The van der Waals surface area contributed by atoms with Crippen molar-refractivity contribution in [3.63, 3.8) is 0 Å². The molecule has 0 amide bonds. The summed E-state index contributed by atoms with van der Waals surface area (Å²) in [5, 5.41) is 5.96. The largest absolute Gasteiger partial charge is 0.331 e. The van der Waals surface area contributed by atoms with Crippen LogP contribution in [0, 0.1) is 11.6 Å². The third kappa shape index (κ3) is 5.39. The Morgan fingerprint density at radius 3 is 2.12 bits per heavy atom. The molecule has 0 spiro atoms. The lowest BCUT2D eigenvalue weighted by molar-refractivity contribution is 0.586. The summed E-state index contributed by atoms with van der Waals surface area (Å²) in [5.41, 5.74) is 7.42. The smallest absolute Gasteiger partial charge is 0.189 e. The van der Waals surface area contributed by atoms with Gasteiger partial charge in [0.15, 0.2) is 10.2 Å². The predicted octanol–water partition coefficient (Wildman–Crippen LogP) is 3.72. The van der Waals surface area contributed by atoms with Crippen molar-refractivity contribution in [2.45, 2.75) is 13.3 Å². The lowest BCUT2D eigenvalue weighted by Crippen LogP contribution is -2.45. The molecule has 0 aromatic heterocycles. The van der Waals surface area contributed by atoms with E-state index in [1.165, 1.54) is 11.6 Å². The zero-order valence-corrected chi connectivity index (χ0v) is 14.5. The van der Waals surface area contributed by atoms with Crippen molar-refractivity contribution in [2.24, 2.45) is 0 Å². The van der Waals surface area contributed by atoms with Crippen molar-refractivity contribution in [3.05, 3.63) is 59.7 Å². The number of nitrogens with one attached hydrogen (secondary N) is 4. The van der Waals surface area contributed by atoms with Gasteiger partial charge < -0.3 is 10.6 Å². The van der Waals surface area contributed by atoms with E-state index in [0.29, 0.717) is 5.11 Å². The van der Waals surface area contributed by atoms with Gasteiger partial charge in [-0.15, -0.1) is 0 Å². The molecule has 2 aromatic rings. The molecule has 126 valence electrons. The number of anilines is 2. The molecule has 24 heavy (non-hydrogen) atoms. The molecule has 0 radical (unpaired) electrons. The minimum absolute atomic E-state index is 0.0599. The first-order valence-electron chi connectivity index (χ1n) is 7.16. The molecule has 0 saturated heterocycles. The summed E-state index contributed by atoms with van der Waals surface area (Å²) in [5.74, 6) is -1.40. The number of halogens is 2.